The number of nitrogens with one attached hydrogen (secondary N) is 1. The minimum atomic E-state index is -0.573. The summed E-state index contributed by atoms with van der Waals surface area (Å²) >= 11 is 0. The molecule has 0 bridgehead atoms. The van der Waals surface area contributed by atoms with Crippen LogP contribution in [0.25, 0.3) is 0 Å². The molecule has 19 heavy (non-hydrogen) atoms. The zero-order valence-corrected chi connectivity index (χ0v) is 10.7. The lowest BCUT2D eigenvalue weighted by molar-refractivity contribution is 0.527. The summed E-state index contributed by atoms with van der Waals surface area (Å²) in [7, 11) is 0. The molecule has 4 heteroatoms. The fourth-order valence-electron chi connectivity index (χ4n) is 1.94. The van der Waals surface area contributed by atoms with Crippen molar-refractivity contribution in [2.45, 2.75) is 19.4 Å². The normalized spacial score (nSPS) is 12.4. The third-order valence-electron chi connectivity index (χ3n) is 2.86. The van der Waals surface area contributed by atoms with Gasteiger partial charge in [0, 0.05) is 17.8 Å². The molecule has 1 atom stereocenters. The van der Waals surface area contributed by atoms with Gasteiger partial charge in [-0.1, -0.05) is 19.1 Å². The lowest BCUT2D eigenvalue weighted by Crippen LogP contribution is -2.25. The van der Waals surface area contributed by atoms with Crippen LogP contribution in [0, 0.1) is 11.6 Å². The molecule has 2 aromatic rings. The van der Waals surface area contributed by atoms with E-state index < -0.39 is 11.6 Å². The minimum Gasteiger partial charge on any atom is -0.305 e. The Kier molecular flexibility index (Phi) is 4.58. The van der Waals surface area contributed by atoms with Crippen molar-refractivity contribution in [1.82, 2.24) is 10.3 Å². The van der Waals surface area contributed by atoms with Crippen LogP contribution in [0.1, 0.15) is 30.6 Å². The number of nitrogens with zero attached hydrogens (tertiary/aromatic N) is 1. The van der Waals surface area contributed by atoms with Crippen LogP contribution in [0.2, 0.25) is 0 Å². The third-order valence-corrected chi connectivity index (χ3v) is 2.86. The van der Waals surface area contributed by atoms with Crippen LogP contribution in [-0.2, 0) is 0 Å². The molecule has 1 aromatic heterocycles. The van der Waals surface area contributed by atoms with Gasteiger partial charge in [-0.2, -0.15) is 0 Å². The highest BCUT2D eigenvalue weighted by molar-refractivity contribution is 5.29. The van der Waals surface area contributed by atoms with E-state index in [4.69, 9.17) is 0 Å². The van der Waals surface area contributed by atoms with E-state index in [-0.39, 0.29) is 6.04 Å². The van der Waals surface area contributed by atoms with E-state index in [1.807, 2.05) is 19.1 Å². The minimum absolute atomic E-state index is 0.359. The topological polar surface area (TPSA) is 24.9 Å². The fourth-order valence-corrected chi connectivity index (χ4v) is 1.94. The van der Waals surface area contributed by atoms with E-state index in [0.29, 0.717) is 5.56 Å². The van der Waals surface area contributed by atoms with Crippen molar-refractivity contribution in [3.05, 3.63) is 65.5 Å². The van der Waals surface area contributed by atoms with E-state index in [2.05, 4.69) is 10.3 Å². The van der Waals surface area contributed by atoms with Gasteiger partial charge in [-0.15, -0.1) is 0 Å². The highest BCUT2D eigenvalue weighted by Gasteiger charge is 2.18. The molecule has 0 aliphatic carbocycles. The molecule has 1 aromatic carbocycles. The third kappa shape index (κ3) is 3.35. The monoisotopic (exact) mass is 262 g/mol. The Balaban J connectivity index is 2.37. The molecule has 0 spiro atoms. The molecule has 0 saturated carbocycles. The average molecular weight is 262 g/mol. The van der Waals surface area contributed by atoms with Crippen molar-refractivity contribution in [3.8, 4) is 0 Å². The van der Waals surface area contributed by atoms with E-state index in [1.54, 1.807) is 12.3 Å². The summed E-state index contributed by atoms with van der Waals surface area (Å²) in [5.74, 6) is -1.13. The second kappa shape index (κ2) is 6.38. The number of rotatable bonds is 5. The van der Waals surface area contributed by atoms with E-state index in [9.17, 15) is 8.78 Å². The summed E-state index contributed by atoms with van der Waals surface area (Å²) in [5, 5.41) is 3.24. The van der Waals surface area contributed by atoms with Gasteiger partial charge in [0.05, 0.1) is 11.7 Å². The maximum Gasteiger partial charge on any atom is 0.131 e. The highest BCUT2D eigenvalue weighted by Crippen LogP contribution is 2.23. The average Bonchev–Trinajstić information content (AvgIpc) is 2.42. The molecular formula is C15H16F2N2. The first kappa shape index (κ1) is 13.6. The van der Waals surface area contributed by atoms with Gasteiger partial charge in [0.2, 0.25) is 0 Å². The van der Waals surface area contributed by atoms with Crippen LogP contribution < -0.4 is 5.32 Å². The van der Waals surface area contributed by atoms with Crippen molar-refractivity contribution in [1.29, 1.82) is 0 Å². The number of hydrogen-bond donors (Lipinski definition) is 1. The molecule has 1 heterocycles. The largest absolute Gasteiger partial charge is 0.305 e. The molecule has 0 radical (unpaired) electrons. The number of aromatic nitrogens is 1. The number of benzene rings is 1. The molecular weight excluding hydrogens is 246 g/mol. The summed E-state index contributed by atoms with van der Waals surface area (Å²) in [6, 6.07) is 8.76. The number of hydrogen-bond acceptors (Lipinski definition) is 2. The smallest absolute Gasteiger partial charge is 0.131 e. The predicted molar refractivity (Wildman–Crippen MR) is 70.7 cm³/mol. The van der Waals surface area contributed by atoms with Crippen LogP contribution in [0.3, 0.4) is 0 Å². The first-order valence-electron chi connectivity index (χ1n) is 6.31. The number of pyridine rings is 1. The van der Waals surface area contributed by atoms with Gasteiger partial charge >= 0.3 is 0 Å². The van der Waals surface area contributed by atoms with Crippen molar-refractivity contribution >= 4 is 0 Å². The van der Waals surface area contributed by atoms with Gasteiger partial charge < -0.3 is 5.32 Å². The van der Waals surface area contributed by atoms with E-state index in [0.717, 1.165) is 24.7 Å². The van der Waals surface area contributed by atoms with Crippen molar-refractivity contribution < 1.29 is 8.78 Å². The standard InChI is InChI=1S/C15H16F2N2/c1-2-8-19-15(14-5-3-4-9-18-14)12-7-6-11(16)10-13(12)17/h3-7,9-10,15,19H,2,8H2,1H3. The molecule has 2 rings (SSSR count). The lowest BCUT2D eigenvalue weighted by Gasteiger charge is -2.19. The molecule has 0 aliphatic heterocycles. The highest BCUT2D eigenvalue weighted by atomic mass is 19.1. The molecule has 100 valence electrons. The molecule has 1 N–H and O–H groups in total. The Morgan fingerprint density at radius 3 is 2.68 bits per heavy atom. The van der Waals surface area contributed by atoms with Crippen molar-refractivity contribution in [3.63, 3.8) is 0 Å². The molecule has 0 aliphatic rings. The van der Waals surface area contributed by atoms with Gasteiger partial charge in [-0.3, -0.25) is 4.98 Å². The first-order chi connectivity index (χ1) is 9.22. The summed E-state index contributed by atoms with van der Waals surface area (Å²) in [4.78, 5) is 4.25. The summed E-state index contributed by atoms with van der Waals surface area (Å²) < 4.78 is 26.9. The Hall–Kier alpha value is -1.81. The second-order valence-corrected chi connectivity index (χ2v) is 4.31. The SMILES string of the molecule is CCCNC(c1ccccn1)c1ccc(F)cc1F. The van der Waals surface area contributed by atoms with Crippen LogP contribution in [-0.4, -0.2) is 11.5 Å². The van der Waals surface area contributed by atoms with Gasteiger partial charge in [0.25, 0.3) is 0 Å². The van der Waals surface area contributed by atoms with Gasteiger partial charge in [-0.05, 0) is 31.2 Å². The first-order valence-corrected chi connectivity index (χ1v) is 6.31. The molecule has 2 nitrogen and oxygen atoms in total. The molecule has 0 amide bonds. The summed E-state index contributed by atoms with van der Waals surface area (Å²) in [6.45, 7) is 2.77. The fraction of sp³-hybridized carbons (Fsp3) is 0.267. The Labute approximate surface area is 111 Å². The molecule has 0 saturated heterocycles. The predicted octanol–water partition coefficient (Wildman–Crippen LogP) is 3.45. The zero-order valence-electron chi connectivity index (χ0n) is 10.7. The van der Waals surface area contributed by atoms with Crippen LogP contribution in [0.5, 0.6) is 0 Å². The maximum absolute atomic E-state index is 13.9. The zero-order chi connectivity index (χ0) is 13.7. The van der Waals surface area contributed by atoms with Crippen LogP contribution in [0.4, 0.5) is 8.78 Å². The quantitative estimate of drug-likeness (QED) is 0.892. The summed E-state index contributed by atoms with van der Waals surface area (Å²) in [5.41, 5.74) is 1.13. The van der Waals surface area contributed by atoms with Gasteiger partial charge in [-0.25, -0.2) is 8.78 Å². The van der Waals surface area contributed by atoms with E-state index >= 15 is 0 Å². The van der Waals surface area contributed by atoms with Crippen LogP contribution >= 0.6 is 0 Å². The maximum atomic E-state index is 13.9. The van der Waals surface area contributed by atoms with Gasteiger partial charge in [0.1, 0.15) is 11.6 Å². The van der Waals surface area contributed by atoms with Gasteiger partial charge in [0.15, 0.2) is 0 Å². The number of halogens is 2. The summed E-state index contributed by atoms with van der Waals surface area (Å²) in [6.07, 6.45) is 2.59. The van der Waals surface area contributed by atoms with Crippen molar-refractivity contribution in [2.24, 2.45) is 0 Å². The Morgan fingerprint density at radius 1 is 1.21 bits per heavy atom. The van der Waals surface area contributed by atoms with Crippen molar-refractivity contribution in [2.75, 3.05) is 6.54 Å². The van der Waals surface area contributed by atoms with E-state index in [1.165, 1.54) is 12.1 Å². The second-order valence-electron chi connectivity index (χ2n) is 4.31. The molecule has 1 unspecified atom stereocenters. The Morgan fingerprint density at radius 2 is 2.05 bits per heavy atom. The van der Waals surface area contributed by atoms with Crippen LogP contribution in [0.15, 0.2) is 42.6 Å². The lowest BCUT2D eigenvalue weighted by atomic mass is 10.0. The molecule has 0 fully saturated rings. The Bertz CT molecular complexity index is 529.